The minimum absolute atomic E-state index is 0.243. The SMILES string of the molecule is COc1ccc(Cn2nnnc2SCc2nc(C(C)C)no2)cc1. The molecular formula is C15H18N6O2S. The van der Waals surface area contributed by atoms with Crippen molar-refractivity contribution in [2.24, 2.45) is 0 Å². The number of hydrogen-bond acceptors (Lipinski definition) is 8. The zero-order valence-corrected chi connectivity index (χ0v) is 14.5. The Labute approximate surface area is 143 Å². The molecule has 0 amide bonds. The van der Waals surface area contributed by atoms with Crippen molar-refractivity contribution in [2.75, 3.05) is 7.11 Å². The fourth-order valence-corrected chi connectivity index (χ4v) is 2.70. The third kappa shape index (κ3) is 3.91. The summed E-state index contributed by atoms with van der Waals surface area (Å²) in [6, 6.07) is 7.81. The van der Waals surface area contributed by atoms with Crippen LogP contribution in [-0.2, 0) is 12.3 Å². The average molecular weight is 346 g/mol. The van der Waals surface area contributed by atoms with Crippen molar-refractivity contribution >= 4 is 11.8 Å². The highest BCUT2D eigenvalue weighted by molar-refractivity contribution is 7.98. The van der Waals surface area contributed by atoms with Gasteiger partial charge in [-0.15, -0.1) is 5.10 Å². The average Bonchev–Trinajstić information content (AvgIpc) is 3.23. The first kappa shape index (κ1) is 16.4. The minimum Gasteiger partial charge on any atom is -0.497 e. The molecule has 2 heterocycles. The van der Waals surface area contributed by atoms with Crippen LogP contribution in [0.3, 0.4) is 0 Å². The summed E-state index contributed by atoms with van der Waals surface area (Å²) in [5.74, 6) is 2.88. The first-order chi connectivity index (χ1) is 11.7. The van der Waals surface area contributed by atoms with Gasteiger partial charge >= 0.3 is 0 Å². The summed E-state index contributed by atoms with van der Waals surface area (Å²) in [5.41, 5.74) is 1.09. The van der Waals surface area contributed by atoms with E-state index in [0.717, 1.165) is 11.3 Å². The number of thioether (sulfide) groups is 1. The molecule has 0 aliphatic carbocycles. The summed E-state index contributed by atoms with van der Waals surface area (Å²) >= 11 is 1.46. The van der Waals surface area contributed by atoms with Crippen LogP contribution in [0.25, 0.3) is 0 Å². The Bertz CT molecular complexity index is 783. The molecule has 9 heteroatoms. The van der Waals surface area contributed by atoms with Crippen LogP contribution in [0, 0.1) is 0 Å². The maximum Gasteiger partial charge on any atom is 0.237 e. The predicted molar refractivity (Wildman–Crippen MR) is 87.9 cm³/mol. The van der Waals surface area contributed by atoms with Gasteiger partial charge in [-0.3, -0.25) is 0 Å². The van der Waals surface area contributed by atoms with E-state index < -0.39 is 0 Å². The fraction of sp³-hybridized carbons (Fsp3) is 0.400. The standard InChI is InChI=1S/C15H18N6O2S/c1-10(2)14-16-13(23-18-14)9-24-15-17-19-20-21(15)8-11-4-6-12(22-3)7-5-11/h4-7,10H,8-9H2,1-3H3. The lowest BCUT2D eigenvalue weighted by Gasteiger charge is -2.05. The number of ether oxygens (including phenoxy) is 1. The second-order valence-corrected chi connectivity index (χ2v) is 6.40. The van der Waals surface area contributed by atoms with E-state index >= 15 is 0 Å². The number of methoxy groups -OCH3 is 1. The maximum absolute atomic E-state index is 5.23. The van der Waals surface area contributed by atoms with Crippen molar-refractivity contribution in [1.82, 2.24) is 30.3 Å². The maximum atomic E-state index is 5.23. The van der Waals surface area contributed by atoms with Crippen molar-refractivity contribution in [1.29, 1.82) is 0 Å². The zero-order chi connectivity index (χ0) is 16.9. The molecule has 2 aromatic heterocycles. The van der Waals surface area contributed by atoms with Crippen LogP contribution in [-0.4, -0.2) is 37.5 Å². The Morgan fingerprint density at radius 2 is 2.04 bits per heavy atom. The summed E-state index contributed by atoms with van der Waals surface area (Å²) in [4.78, 5) is 4.35. The number of rotatable bonds is 7. The smallest absolute Gasteiger partial charge is 0.237 e. The van der Waals surface area contributed by atoms with Crippen molar-refractivity contribution in [3.8, 4) is 5.75 Å². The van der Waals surface area contributed by atoms with Crippen molar-refractivity contribution in [2.45, 2.75) is 37.2 Å². The monoisotopic (exact) mass is 346 g/mol. The second kappa shape index (κ2) is 7.43. The van der Waals surface area contributed by atoms with E-state index in [1.807, 2.05) is 38.1 Å². The van der Waals surface area contributed by atoms with Crippen molar-refractivity contribution < 1.29 is 9.26 Å². The molecule has 0 saturated heterocycles. The van der Waals surface area contributed by atoms with Crippen LogP contribution in [0.2, 0.25) is 0 Å². The number of nitrogens with zero attached hydrogens (tertiary/aromatic N) is 6. The second-order valence-electron chi connectivity index (χ2n) is 5.46. The molecule has 1 aromatic carbocycles. The zero-order valence-electron chi connectivity index (χ0n) is 13.7. The van der Waals surface area contributed by atoms with E-state index in [0.29, 0.717) is 29.2 Å². The molecule has 0 spiro atoms. The van der Waals surface area contributed by atoms with Gasteiger partial charge in [-0.05, 0) is 28.1 Å². The van der Waals surface area contributed by atoms with Gasteiger partial charge in [0.2, 0.25) is 11.0 Å². The molecule has 3 rings (SSSR count). The van der Waals surface area contributed by atoms with Gasteiger partial charge in [0.05, 0.1) is 19.4 Å². The third-order valence-electron chi connectivity index (χ3n) is 3.32. The summed E-state index contributed by atoms with van der Waals surface area (Å²) < 4.78 is 12.1. The van der Waals surface area contributed by atoms with Crippen LogP contribution in [0.15, 0.2) is 33.9 Å². The van der Waals surface area contributed by atoms with Gasteiger partial charge in [0.1, 0.15) is 5.75 Å². The Morgan fingerprint density at radius 1 is 1.25 bits per heavy atom. The van der Waals surface area contributed by atoms with E-state index in [9.17, 15) is 0 Å². The van der Waals surface area contributed by atoms with E-state index in [1.54, 1.807) is 11.8 Å². The Hall–Kier alpha value is -2.42. The van der Waals surface area contributed by atoms with E-state index in [4.69, 9.17) is 9.26 Å². The summed E-state index contributed by atoms with van der Waals surface area (Å²) in [5, 5.41) is 16.5. The third-order valence-corrected chi connectivity index (χ3v) is 4.26. The van der Waals surface area contributed by atoms with Gasteiger partial charge in [0.25, 0.3) is 0 Å². The molecule has 0 atom stereocenters. The predicted octanol–water partition coefficient (Wildman–Crippen LogP) is 2.53. The Morgan fingerprint density at radius 3 is 2.71 bits per heavy atom. The first-order valence-corrected chi connectivity index (χ1v) is 8.48. The molecule has 0 bridgehead atoms. The normalized spacial score (nSPS) is 11.2. The van der Waals surface area contributed by atoms with Gasteiger partial charge in [-0.25, -0.2) is 4.68 Å². The lowest BCUT2D eigenvalue weighted by molar-refractivity contribution is 0.382. The van der Waals surface area contributed by atoms with Gasteiger partial charge in [0, 0.05) is 5.92 Å². The fourth-order valence-electron chi connectivity index (χ4n) is 1.99. The van der Waals surface area contributed by atoms with Crippen LogP contribution >= 0.6 is 11.8 Å². The molecule has 0 N–H and O–H groups in total. The Kier molecular flexibility index (Phi) is 5.09. The molecule has 0 radical (unpaired) electrons. The lowest BCUT2D eigenvalue weighted by Crippen LogP contribution is -2.04. The van der Waals surface area contributed by atoms with Gasteiger partial charge in [0.15, 0.2) is 5.82 Å². The lowest BCUT2D eigenvalue weighted by atomic mass is 10.2. The van der Waals surface area contributed by atoms with E-state index in [1.165, 1.54) is 11.8 Å². The van der Waals surface area contributed by atoms with Crippen LogP contribution in [0.5, 0.6) is 5.75 Å². The molecule has 0 fully saturated rings. The summed E-state index contributed by atoms with van der Waals surface area (Å²) in [7, 11) is 1.65. The molecule has 126 valence electrons. The van der Waals surface area contributed by atoms with Crippen LogP contribution in [0.1, 0.15) is 37.0 Å². The number of hydrogen-bond donors (Lipinski definition) is 0. The molecule has 3 aromatic rings. The molecular weight excluding hydrogens is 328 g/mol. The topological polar surface area (TPSA) is 91.8 Å². The molecule has 0 unspecified atom stereocenters. The van der Waals surface area contributed by atoms with E-state index in [2.05, 4.69) is 25.7 Å². The summed E-state index contributed by atoms with van der Waals surface area (Å²) in [6.45, 7) is 4.63. The quantitative estimate of drug-likeness (QED) is 0.603. The van der Waals surface area contributed by atoms with Gasteiger partial charge < -0.3 is 9.26 Å². The first-order valence-electron chi connectivity index (χ1n) is 7.50. The van der Waals surface area contributed by atoms with Crippen molar-refractivity contribution in [3.05, 3.63) is 41.5 Å². The molecule has 24 heavy (non-hydrogen) atoms. The van der Waals surface area contributed by atoms with Crippen LogP contribution < -0.4 is 4.74 Å². The van der Waals surface area contributed by atoms with Gasteiger partial charge in [-0.2, -0.15) is 4.98 Å². The molecule has 8 nitrogen and oxygen atoms in total. The highest BCUT2D eigenvalue weighted by Gasteiger charge is 2.13. The largest absolute Gasteiger partial charge is 0.497 e. The molecule has 0 saturated carbocycles. The summed E-state index contributed by atoms with van der Waals surface area (Å²) in [6.07, 6.45) is 0. The van der Waals surface area contributed by atoms with E-state index in [-0.39, 0.29) is 5.92 Å². The highest BCUT2D eigenvalue weighted by Crippen LogP contribution is 2.21. The minimum atomic E-state index is 0.243. The number of tetrazole rings is 1. The Balaban J connectivity index is 1.63. The molecule has 0 aliphatic rings. The number of aromatic nitrogens is 6. The van der Waals surface area contributed by atoms with Crippen molar-refractivity contribution in [3.63, 3.8) is 0 Å². The molecule has 0 aliphatic heterocycles. The highest BCUT2D eigenvalue weighted by atomic mass is 32.2. The number of benzene rings is 1. The van der Waals surface area contributed by atoms with Gasteiger partial charge in [-0.1, -0.05) is 42.9 Å². The van der Waals surface area contributed by atoms with Crippen LogP contribution in [0.4, 0.5) is 0 Å².